The molecule has 0 spiro atoms. The highest BCUT2D eigenvalue weighted by Crippen LogP contribution is 2.13. The molecule has 1 rings (SSSR count). The maximum Gasteiger partial charge on any atom is 0.306 e. The standard InChI is InChI=1S/C15H17N5O4/c1-2-11(7-14(22)23)20-13(21)8-17-15(24)10-4-3-5-12(6-10)18-9-19-16/h1,3-6,9,11H,7-8,16H2,(H,17,24)(H,18,19)(H,20,21)(H,22,23)/t11-/m0/s1. The molecule has 0 saturated carbocycles. The van der Waals surface area contributed by atoms with E-state index in [2.05, 4.69) is 27.0 Å². The first-order valence-corrected chi connectivity index (χ1v) is 6.80. The van der Waals surface area contributed by atoms with Gasteiger partial charge >= 0.3 is 5.97 Å². The Kier molecular flexibility index (Phi) is 7.47. The lowest BCUT2D eigenvalue weighted by molar-refractivity contribution is -0.137. The molecule has 126 valence electrons. The summed E-state index contributed by atoms with van der Waals surface area (Å²) in [6, 6.07) is 5.42. The highest BCUT2D eigenvalue weighted by Gasteiger charge is 2.14. The number of carboxylic acid groups (broad SMARTS) is 1. The average molecular weight is 331 g/mol. The van der Waals surface area contributed by atoms with Crippen molar-refractivity contribution in [1.29, 1.82) is 0 Å². The number of hydrogen-bond acceptors (Lipinski definition) is 5. The van der Waals surface area contributed by atoms with Crippen molar-refractivity contribution < 1.29 is 19.5 Å². The minimum atomic E-state index is -1.13. The molecule has 0 radical (unpaired) electrons. The van der Waals surface area contributed by atoms with Crippen molar-refractivity contribution in [3.8, 4) is 12.3 Å². The Morgan fingerprint density at radius 1 is 1.42 bits per heavy atom. The van der Waals surface area contributed by atoms with E-state index in [0.29, 0.717) is 11.3 Å². The van der Waals surface area contributed by atoms with E-state index in [9.17, 15) is 14.4 Å². The van der Waals surface area contributed by atoms with Gasteiger partial charge in [-0.1, -0.05) is 12.0 Å². The second-order valence-corrected chi connectivity index (χ2v) is 4.54. The number of carboxylic acids is 1. The summed E-state index contributed by atoms with van der Waals surface area (Å²) in [6.45, 7) is -0.339. The third kappa shape index (κ3) is 6.59. The van der Waals surface area contributed by atoms with Crippen LogP contribution in [0.5, 0.6) is 0 Å². The molecule has 9 nitrogen and oxygen atoms in total. The molecule has 0 bridgehead atoms. The number of carbonyl (C=O) groups is 3. The molecule has 1 atom stereocenters. The Bertz CT molecular complexity index is 681. The van der Waals surface area contributed by atoms with E-state index >= 15 is 0 Å². The summed E-state index contributed by atoms with van der Waals surface area (Å²) in [4.78, 5) is 38.2. The van der Waals surface area contributed by atoms with Gasteiger partial charge in [0.1, 0.15) is 12.4 Å². The second-order valence-electron chi connectivity index (χ2n) is 4.54. The minimum absolute atomic E-state index is 0.300. The normalized spacial score (nSPS) is 11.3. The number of hydrazine groups is 1. The van der Waals surface area contributed by atoms with E-state index in [1.165, 1.54) is 12.4 Å². The zero-order valence-electron chi connectivity index (χ0n) is 12.7. The molecule has 0 aromatic heterocycles. The summed E-state index contributed by atoms with van der Waals surface area (Å²) < 4.78 is 0. The lowest BCUT2D eigenvalue weighted by Crippen LogP contribution is -2.42. The van der Waals surface area contributed by atoms with Gasteiger partial charge in [0.2, 0.25) is 5.91 Å². The van der Waals surface area contributed by atoms with Crippen LogP contribution in [0.25, 0.3) is 0 Å². The van der Waals surface area contributed by atoms with Gasteiger partial charge in [0, 0.05) is 5.56 Å². The Hall–Kier alpha value is -3.38. The van der Waals surface area contributed by atoms with Gasteiger partial charge in [-0.2, -0.15) is 0 Å². The van der Waals surface area contributed by atoms with E-state index < -0.39 is 30.2 Å². The van der Waals surface area contributed by atoms with E-state index in [0.717, 1.165) is 0 Å². The number of terminal acetylenes is 1. The predicted molar refractivity (Wildman–Crippen MR) is 87.3 cm³/mol. The lowest BCUT2D eigenvalue weighted by Gasteiger charge is -2.11. The SMILES string of the molecule is C#C[C@@H](CC(=O)O)NC(=O)CNC(=O)c1cccc(N=CNN)c1. The molecular weight excluding hydrogens is 314 g/mol. The zero-order chi connectivity index (χ0) is 17.9. The number of aliphatic carboxylic acids is 1. The molecule has 1 aromatic rings. The van der Waals surface area contributed by atoms with Gasteiger partial charge in [-0.3, -0.25) is 14.4 Å². The van der Waals surface area contributed by atoms with Gasteiger partial charge in [-0.15, -0.1) is 6.42 Å². The van der Waals surface area contributed by atoms with Crippen LogP contribution in [0.15, 0.2) is 29.3 Å². The number of nitrogens with zero attached hydrogens (tertiary/aromatic N) is 1. The van der Waals surface area contributed by atoms with Crippen molar-refractivity contribution in [2.75, 3.05) is 6.54 Å². The first-order valence-electron chi connectivity index (χ1n) is 6.80. The lowest BCUT2D eigenvalue weighted by atomic mass is 10.2. The number of amides is 2. The monoisotopic (exact) mass is 331 g/mol. The van der Waals surface area contributed by atoms with Crippen molar-refractivity contribution in [2.45, 2.75) is 12.5 Å². The summed E-state index contributed by atoms with van der Waals surface area (Å²) in [7, 11) is 0. The van der Waals surface area contributed by atoms with Crippen molar-refractivity contribution in [2.24, 2.45) is 10.8 Å². The summed E-state index contributed by atoms with van der Waals surface area (Å²) >= 11 is 0. The van der Waals surface area contributed by atoms with Crippen LogP contribution < -0.4 is 21.9 Å². The fraction of sp³-hybridized carbons (Fsp3) is 0.200. The van der Waals surface area contributed by atoms with Crippen LogP contribution in [0.4, 0.5) is 5.69 Å². The highest BCUT2D eigenvalue weighted by atomic mass is 16.4. The van der Waals surface area contributed by atoms with Crippen molar-refractivity contribution in [3.05, 3.63) is 29.8 Å². The fourth-order valence-corrected chi connectivity index (χ4v) is 1.67. The van der Waals surface area contributed by atoms with Gasteiger partial charge in [-0.25, -0.2) is 10.8 Å². The second kappa shape index (κ2) is 9.60. The number of nitrogens with one attached hydrogen (secondary N) is 3. The molecule has 0 aliphatic heterocycles. The Labute approximate surface area is 138 Å². The molecule has 0 fully saturated rings. The summed E-state index contributed by atoms with van der Waals surface area (Å²) in [5.41, 5.74) is 3.04. The smallest absolute Gasteiger partial charge is 0.306 e. The Morgan fingerprint density at radius 3 is 2.79 bits per heavy atom. The molecule has 2 amide bonds. The first-order chi connectivity index (χ1) is 11.5. The van der Waals surface area contributed by atoms with Crippen LogP contribution in [0.1, 0.15) is 16.8 Å². The number of carbonyl (C=O) groups excluding carboxylic acids is 2. The molecule has 0 aliphatic rings. The van der Waals surface area contributed by atoms with Crippen LogP contribution in [0.2, 0.25) is 0 Å². The van der Waals surface area contributed by atoms with E-state index in [-0.39, 0.29) is 6.54 Å². The first kappa shape index (κ1) is 18.7. The molecule has 24 heavy (non-hydrogen) atoms. The molecule has 0 saturated heterocycles. The summed E-state index contributed by atoms with van der Waals surface area (Å²) in [5, 5.41) is 13.4. The van der Waals surface area contributed by atoms with E-state index in [1.54, 1.807) is 18.2 Å². The largest absolute Gasteiger partial charge is 0.481 e. The quantitative estimate of drug-likeness (QED) is 0.138. The third-order valence-corrected chi connectivity index (χ3v) is 2.72. The van der Waals surface area contributed by atoms with Gasteiger partial charge in [-0.05, 0) is 18.2 Å². The van der Waals surface area contributed by atoms with E-state index in [4.69, 9.17) is 17.4 Å². The Balaban J connectivity index is 2.56. The summed E-state index contributed by atoms with van der Waals surface area (Å²) in [6.07, 6.45) is 5.99. The Morgan fingerprint density at radius 2 is 2.17 bits per heavy atom. The van der Waals surface area contributed by atoms with Crippen molar-refractivity contribution in [1.82, 2.24) is 16.1 Å². The third-order valence-electron chi connectivity index (χ3n) is 2.72. The van der Waals surface area contributed by atoms with Crippen LogP contribution in [0, 0.1) is 12.3 Å². The maximum absolute atomic E-state index is 12.0. The fourth-order valence-electron chi connectivity index (χ4n) is 1.67. The van der Waals surface area contributed by atoms with Crippen LogP contribution >= 0.6 is 0 Å². The molecule has 6 N–H and O–H groups in total. The predicted octanol–water partition coefficient (Wildman–Crippen LogP) is -0.868. The molecule has 0 heterocycles. The molecule has 0 aliphatic carbocycles. The molecular formula is C15H17N5O4. The molecule has 9 heteroatoms. The number of benzene rings is 1. The van der Waals surface area contributed by atoms with Gasteiger partial charge in [0.25, 0.3) is 5.91 Å². The van der Waals surface area contributed by atoms with Crippen molar-refractivity contribution >= 4 is 29.8 Å². The number of hydrogen-bond donors (Lipinski definition) is 5. The van der Waals surface area contributed by atoms with Crippen molar-refractivity contribution in [3.63, 3.8) is 0 Å². The summed E-state index contributed by atoms with van der Waals surface area (Å²) in [5.74, 6) is 5.01. The van der Waals surface area contributed by atoms with Crippen LogP contribution in [-0.4, -0.2) is 41.8 Å². The molecule has 0 unspecified atom stereocenters. The maximum atomic E-state index is 12.0. The van der Waals surface area contributed by atoms with Gasteiger partial charge in [0.15, 0.2) is 0 Å². The number of rotatable bonds is 8. The number of aliphatic imine (C=N–C) groups is 1. The zero-order valence-corrected chi connectivity index (χ0v) is 12.7. The average Bonchev–Trinajstić information content (AvgIpc) is 2.57. The van der Waals surface area contributed by atoms with Crippen LogP contribution in [-0.2, 0) is 9.59 Å². The topological polar surface area (TPSA) is 146 Å². The van der Waals surface area contributed by atoms with Crippen LogP contribution in [0.3, 0.4) is 0 Å². The van der Waals surface area contributed by atoms with Gasteiger partial charge < -0.3 is 21.2 Å². The van der Waals surface area contributed by atoms with E-state index in [1.807, 2.05) is 0 Å². The minimum Gasteiger partial charge on any atom is -0.481 e. The highest BCUT2D eigenvalue weighted by molar-refractivity contribution is 5.97. The molecule has 1 aromatic carbocycles. The number of nitrogens with two attached hydrogens (primary N) is 1. The van der Waals surface area contributed by atoms with Gasteiger partial charge in [0.05, 0.1) is 18.7 Å².